The van der Waals surface area contributed by atoms with Gasteiger partial charge in [-0.1, -0.05) is 0 Å². The molecule has 0 atom stereocenters. The summed E-state index contributed by atoms with van der Waals surface area (Å²) in [5.41, 5.74) is 0. The number of hydrogen-bond donors (Lipinski definition) is 0. The Morgan fingerprint density at radius 2 is 2.00 bits per heavy atom. The van der Waals surface area contributed by atoms with Gasteiger partial charge in [0.15, 0.2) is 16.6 Å². The lowest BCUT2D eigenvalue weighted by atomic mass is 10.4. The van der Waals surface area contributed by atoms with E-state index in [1.807, 2.05) is 0 Å². The molecule has 0 N–H and O–H groups in total. The van der Waals surface area contributed by atoms with Gasteiger partial charge < -0.3 is 0 Å². The molecule has 1 aromatic heterocycles. The number of hydrogen-bond acceptors (Lipinski definition) is 4. The maximum absolute atomic E-state index is 10.7. The van der Waals surface area contributed by atoms with Crippen LogP contribution in [0.2, 0.25) is 0 Å². The molecule has 0 bridgehead atoms. The highest BCUT2D eigenvalue weighted by molar-refractivity contribution is 7.15. The molecule has 1 heterocycles. The number of ketones is 2. The number of carbonyl (C=O) groups is 2. The van der Waals surface area contributed by atoms with Gasteiger partial charge in [0.25, 0.3) is 0 Å². The van der Waals surface area contributed by atoms with E-state index in [9.17, 15) is 9.59 Å². The minimum absolute atomic E-state index is 0.0463. The quantitative estimate of drug-likeness (QED) is 0.631. The molecular formula is C7H7NO2S. The van der Waals surface area contributed by atoms with Crippen molar-refractivity contribution in [3.8, 4) is 0 Å². The first kappa shape index (κ1) is 8.07. The van der Waals surface area contributed by atoms with Gasteiger partial charge in [0.1, 0.15) is 0 Å². The minimum atomic E-state index is -0.0949. The molecule has 1 rings (SSSR count). The van der Waals surface area contributed by atoms with Crippen molar-refractivity contribution in [1.82, 2.24) is 4.98 Å². The summed E-state index contributed by atoms with van der Waals surface area (Å²) in [7, 11) is 0. The van der Waals surface area contributed by atoms with Gasteiger partial charge in [-0.15, -0.1) is 11.3 Å². The summed E-state index contributed by atoms with van der Waals surface area (Å²) in [6, 6.07) is 0. The van der Waals surface area contributed by atoms with Crippen molar-refractivity contribution in [2.45, 2.75) is 13.8 Å². The Morgan fingerprint density at radius 1 is 1.36 bits per heavy atom. The summed E-state index contributed by atoms with van der Waals surface area (Å²) in [5, 5.41) is 0.398. The van der Waals surface area contributed by atoms with Crippen molar-refractivity contribution in [3.63, 3.8) is 0 Å². The lowest BCUT2D eigenvalue weighted by Gasteiger charge is -1.82. The van der Waals surface area contributed by atoms with E-state index < -0.39 is 0 Å². The number of thiazole rings is 1. The molecule has 0 aliphatic rings. The highest BCUT2D eigenvalue weighted by Gasteiger charge is 2.08. The number of Topliss-reactive ketones (excluding diaryl/α,β-unsaturated/α-hetero) is 2. The van der Waals surface area contributed by atoms with Crippen LogP contribution < -0.4 is 0 Å². The zero-order chi connectivity index (χ0) is 8.43. The second-order valence-corrected chi connectivity index (χ2v) is 3.17. The fraction of sp³-hybridized carbons (Fsp3) is 0.286. The first-order chi connectivity index (χ1) is 5.11. The topological polar surface area (TPSA) is 47.0 Å². The number of rotatable bonds is 2. The molecule has 0 fully saturated rings. The molecule has 58 valence electrons. The molecule has 1 aromatic rings. The molecule has 3 nitrogen and oxygen atoms in total. The third kappa shape index (κ3) is 1.71. The van der Waals surface area contributed by atoms with Crippen molar-refractivity contribution < 1.29 is 9.59 Å². The van der Waals surface area contributed by atoms with Gasteiger partial charge in [0.2, 0.25) is 0 Å². The van der Waals surface area contributed by atoms with E-state index in [4.69, 9.17) is 0 Å². The van der Waals surface area contributed by atoms with Crippen LogP contribution in [0, 0.1) is 0 Å². The summed E-state index contributed by atoms with van der Waals surface area (Å²) in [5.74, 6) is -0.141. The van der Waals surface area contributed by atoms with Gasteiger partial charge in [-0.2, -0.15) is 0 Å². The summed E-state index contributed by atoms with van der Waals surface area (Å²) in [4.78, 5) is 25.8. The molecule has 11 heavy (non-hydrogen) atoms. The number of carbonyl (C=O) groups excluding carboxylic acids is 2. The Hall–Kier alpha value is -1.03. The average Bonchev–Trinajstić information content (AvgIpc) is 2.33. The first-order valence-corrected chi connectivity index (χ1v) is 3.90. The summed E-state index contributed by atoms with van der Waals surface area (Å²) in [6.45, 7) is 2.89. The minimum Gasteiger partial charge on any atom is -0.294 e. The molecule has 0 amide bonds. The molecule has 0 aliphatic carbocycles. The SMILES string of the molecule is CC(=O)c1cnc(C(C)=O)s1. The van der Waals surface area contributed by atoms with Gasteiger partial charge in [-0.25, -0.2) is 4.98 Å². The summed E-state index contributed by atoms with van der Waals surface area (Å²) < 4.78 is 0. The summed E-state index contributed by atoms with van der Waals surface area (Å²) in [6.07, 6.45) is 1.43. The van der Waals surface area contributed by atoms with E-state index in [0.717, 1.165) is 11.3 Å². The number of aromatic nitrogens is 1. The van der Waals surface area contributed by atoms with Crippen LogP contribution in [0.3, 0.4) is 0 Å². The largest absolute Gasteiger partial charge is 0.294 e. The lowest BCUT2D eigenvalue weighted by Crippen LogP contribution is -1.87. The Morgan fingerprint density at radius 3 is 2.27 bits per heavy atom. The first-order valence-electron chi connectivity index (χ1n) is 3.09. The molecule has 0 aliphatic heterocycles. The highest BCUT2D eigenvalue weighted by atomic mass is 32.1. The van der Waals surface area contributed by atoms with Crippen LogP contribution in [0.15, 0.2) is 6.20 Å². The van der Waals surface area contributed by atoms with Crippen LogP contribution in [-0.4, -0.2) is 16.6 Å². The Kier molecular flexibility index (Phi) is 2.14. The molecule has 0 aromatic carbocycles. The van der Waals surface area contributed by atoms with E-state index in [1.54, 1.807) is 0 Å². The van der Waals surface area contributed by atoms with E-state index in [1.165, 1.54) is 20.0 Å². The van der Waals surface area contributed by atoms with Crippen LogP contribution in [0.5, 0.6) is 0 Å². The van der Waals surface area contributed by atoms with Crippen molar-refractivity contribution in [2.75, 3.05) is 0 Å². The maximum atomic E-state index is 10.7. The van der Waals surface area contributed by atoms with Crippen LogP contribution in [0.1, 0.15) is 33.3 Å². The predicted octanol–water partition coefficient (Wildman–Crippen LogP) is 1.55. The van der Waals surface area contributed by atoms with Crippen LogP contribution in [0.25, 0.3) is 0 Å². The Labute approximate surface area is 68.1 Å². The molecule has 0 radical (unpaired) electrons. The smallest absolute Gasteiger partial charge is 0.188 e. The fourth-order valence-corrected chi connectivity index (χ4v) is 1.31. The lowest BCUT2D eigenvalue weighted by molar-refractivity contribution is 0.101. The van der Waals surface area contributed by atoms with E-state index >= 15 is 0 Å². The van der Waals surface area contributed by atoms with E-state index in [-0.39, 0.29) is 11.6 Å². The molecule has 0 saturated heterocycles. The van der Waals surface area contributed by atoms with Crippen LogP contribution in [0.4, 0.5) is 0 Å². The molecule has 0 saturated carbocycles. The molecule has 4 heteroatoms. The van der Waals surface area contributed by atoms with E-state index in [2.05, 4.69) is 4.98 Å². The van der Waals surface area contributed by atoms with Gasteiger partial charge in [0.05, 0.1) is 4.88 Å². The van der Waals surface area contributed by atoms with Gasteiger partial charge in [0, 0.05) is 20.0 Å². The standard InChI is InChI=1S/C7H7NO2S/c1-4(9)6-3-8-7(11-6)5(2)10/h3H,1-2H3. The molecule has 0 spiro atoms. The van der Waals surface area contributed by atoms with Gasteiger partial charge >= 0.3 is 0 Å². The van der Waals surface area contributed by atoms with Crippen molar-refractivity contribution in [2.24, 2.45) is 0 Å². The molecular weight excluding hydrogens is 162 g/mol. The third-order valence-corrected chi connectivity index (χ3v) is 2.35. The second kappa shape index (κ2) is 2.92. The monoisotopic (exact) mass is 169 g/mol. The van der Waals surface area contributed by atoms with Gasteiger partial charge in [-0.05, 0) is 0 Å². The summed E-state index contributed by atoms with van der Waals surface area (Å²) >= 11 is 1.14. The van der Waals surface area contributed by atoms with Gasteiger partial charge in [-0.3, -0.25) is 9.59 Å². The third-order valence-electron chi connectivity index (χ3n) is 1.15. The van der Waals surface area contributed by atoms with Crippen molar-refractivity contribution >= 4 is 22.9 Å². The normalized spacial score (nSPS) is 9.64. The zero-order valence-electron chi connectivity index (χ0n) is 6.25. The molecule has 0 unspecified atom stereocenters. The van der Waals surface area contributed by atoms with Crippen molar-refractivity contribution in [3.05, 3.63) is 16.1 Å². The maximum Gasteiger partial charge on any atom is 0.188 e. The highest BCUT2D eigenvalue weighted by Crippen LogP contribution is 2.13. The second-order valence-electron chi connectivity index (χ2n) is 2.14. The average molecular weight is 169 g/mol. The Bertz CT molecular complexity index is 275. The number of nitrogens with zero attached hydrogens (tertiary/aromatic N) is 1. The fourth-order valence-electron chi connectivity index (χ4n) is 0.600. The Balaban J connectivity index is 2.99. The van der Waals surface area contributed by atoms with E-state index in [0.29, 0.717) is 9.88 Å². The van der Waals surface area contributed by atoms with Crippen molar-refractivity contribution in [1.29, 1.82) is 0 Å². The zero-order valence-corrected chi connectivity index (χ0v) is 7.07. The van der Waals surface area contributed by atoms with Crippen LogP contribution in [-0.2, 0) is 0 Å². The van der Waals surface area contributed by atoms with Crippen LogP contribution >= 0.6 is 11.3 Å². The predicted molar refractivity (Wildman–Crippen MR) is 42.1 cm³/mol.